The SMILES string of the molecule is CC1(C)c2cc(-c3ccc(-c4cc5ccccc5c5ccccc45)cc3)ccc2-c2ccc(N(c3ccccc3)c3ccc(-c4ccc5ccccc5c4)cc3)cc21. The summed E-state index contributed by atoms with van der Waals surface area (Å²) in [6.45, 7) is 4.76. The van der Waals surface area contributed by atoms with E-state index in [-0.39, 0.29) is 5.41 Å². The minimum absolute atomic E-state index is 0.178. The second-order valence-corrected chi connectivity index (χ2v) is 16.2. The van der Waals surface area contributed by atoms with E-state index >= 15 is 0 Å². The number of anilines is 3. The molecule has 0 amide bonds. The summed E-state index contributed by atoms with van der Waals surface area (Å²) in [5.41, 5.74) is 16.0. The van der Waals surface area contributed by atoms with Crippen molar-refractivity contribution >= 4 is 49.4 Å². The van der Waals surface area contributed by atoms with E-state index in [9.17, 15) is 0 Å². The molecule has 0 atom stereocenters. The zero-order chi connectivity index (χ0) is 38.8. The topological polar surface area (TPSA) is 3.24 Å². The lowest BCUT2D eigenvalue weighted by Crippen LogP contribution is -2.16. The zero-order valence-electron chi connectivity index (χ0n) is 32.7. The minimum atomic E-state index is -0.178. The first-order chi connectivity index (χ1) is 28.5. The normalized spacial score (nSPS) is 12.8. The highest BCUT2D eigenvalue weighted by atomic mass is 15.1. The Bertz CT molecular complexity index is 3170. The van der Waals surface area contributed by atoms with Crippen LogP contribution in [0.2, 0.25) is 0 Å². The Balaban J connectivity index is 0.926. The summed E-state index contributed by atoms with van der Waals surface area (Å²) in [5, 5.41) is 7.67. The second kappa shape index (κ2) is 13.5. The smallest absolute Gasteiger partial charge is 0.0465 e. The van der Waals surface area contributed by atoms with Gasteiger partial charge in [-0.3, -0.25) is 0 Å². The van der Waals surface area contributed by atoms with E-state index in [0.717, 1.165) is 17.1 Å². The quantitative estimate of drug-likeness (QED) is 0.154. The average Bonchev–Trinajstić information content (AvgIpc) is 3.51. The predicted octanol–water partition coefficient (Wildman–Crippen LogP) is 15.9. The van der Waals surface area contributed by atoms with Crippen LogP contribution in [0.1, 0.15) is 25.0 Å². The number of hydrogen-bond acceptors (Lipinski definition) is 1. The number of benzene rings is 10. The maximum atomic E-state index is 2.43. The van der Waals surface area contributed by atoms with Crippen molar-refractivity contribution in [2.24, 2.45) is 0 Å². The van der Waals surface area contributed by atoms with E-state index in [2.05, 4.69) is 231 Å². The molecule has 58 heavy (non-hydrogen) atoms. The zero-order valence-corrected chi connectivity index (χ0v) is 32.7. The lowest BCUT2D eigenvalue weighted by Gasteiger charge is -2.28. The molecule has 0 heterocycles. The van der Waals surface area contributed by atoms with Crippen molar-refractivity contribution in [2.75, 3.05) is 4.90 Å². The molecule has 0 aliphatic heterocycles. The van der Waals surface area contributed by atoms with Gasteiger partial charge in [-0.05, 0) is 143 Å². The van der Waals surface area contributed by atoms with Gasteiger partial charge in [-0.1, -0.05) is 172 Å². The van der Waals surface area contributed by atoms with Gasteiger partial charge in [-0.2, -0.15) is 0 Å². The maximum absolute atomic E-state index is 2.43. The van der Waals surface area contributed by atoms with Gasteiger partial charge in [0.15, 0.2) is 0 Å². The van der Waals surface area contributed by atoms with E-state index in [4.69, 9.17) is 0 Å². The number of para-hydroxylation sites is 1. The minimum Gasteiger partial charge on any atom is -0.310 e. The summed E-state index contributed by atoms with van der Waals surface area (Å²) in [5.74, 6) is 0. The van der Waals surface area contributed by atoms with Crippen molar-refractivity contribution in [1.82, 2.24) is 0 Å². The third-order valence-corrected chi connectivity index (χ3v) is 12.4. The van der Waals surface area contributed by atoms with Crippen molar-refractivity contribution in [3.05, 3.63) is 223 Å². The molecular formula is C57H41N. The van der Waals surface area contributed by atoms with Crippen LogP contribution in [0.3, 0.4) is 0 Å². The Morgan fingerprint density at radius 3 is 1.55 bits per heavy atom. The average molecular weight is 740 g/mol. The molecule has 0 bridgehead atoms. The first-order valence-corrected chi connectivity index (χ1v) is 20.2. The van der Waals surface area contributed by atoms with E-state index < -0.39 is 0 Å². The van der Waals surface area contributed by atoms with Crippen molar-refractivity contribution in [3.63, 3.8) is 0 Å². The molecule has 11 rings (SSSR count). The molecule has 274 valence electrons. The fraction of sp³-hybridized carbons (Fsp3) is 0.0526. The Morgan fingerprint density at radius 1 is 0.293 bits per heavy atom. The summed E-state index contributed by atoms with van der Waals surface area (Å²) < 4.78 is 0. The van der Waals surface area contributed by atoms with Gasteiger partial charge in [-0.25, -0.2) is 0 Å². The summed E-state index contributed by atoms with van der Waals surface area (Å²) in [6.07, 6.45) is 0. The lowest BCUT2D eigenvalue weighted by molar-refractivity contribution is 0.660. The summed E-state index contributed by atoms with van der Waals surface area (Å²) >= 11 is 0. The first kappa shape index (κ1) is 34.1. The molecule has 0 N–H and O–H groups in total. The van der Waals surface area contributed by atoms with Crippen LogP contribution in [0.15, 0.2) is 212 Å². The highest BCUT2D eigenvalue weighted by Crippen LogP contribution is 2.52. The van der Waals surface area contributed by atoms with Crippen LogP contribution in [-0.2, 0) is 5.41 Å². The molecule has 0 fully saturated rings. The van der Waals surface area contributed by atoms with E-state index in [0.29, 0.717) is 0 Å². The molecule has 0 radical (unpaired) electrons. The summed E-state index contributed by atoms with van der Waals surface area (Å²) in [7, 11) is 0. The molecule has 0 aromatic heterocycles. The van der Waals surface area contributed by atoms with Gasteiger partial charge in [0.25, 0.3) is 0 Å². The van der Waals surface area contributed by atoms with Crippen LogP contribution in [0.5, 0.6) is 0 Å². The molecule has 0 saturated carbocycles. The van der Waals surface area contributed by atoms with Crippen LogP contribution in [0, 0.1) is 0 Å². The molecule has 1 heteroatoms. The van der Waals surface area contributed by atoms with Crippen LogP contribution < -0.4 is 4.90 Å². The van der Waals surface area contributed by atoms with Crippen LogP contribution >= 0.6 is 0 Å². The third kappa shape index (κ3) is 5.62. The van der Waals surface area contributed by atoms with E-state index in [1.54, 1.807) is 0 Å². The van der Waals surface area contributed by atoms with Gasteiger partial charge in [0, 0.05) is 22.5 Å². The van der Waals surface area contributed by atoms with Gasteiger partial charge in [0.05, 0.1) is 0 Å². The number of nitrogens with zero attached hydrogens (tertiary/aromatic N) is 1. The summed E-state index contributed by atoms with van der Waals surface area (Å²) in [4.78, 5) is 2.38. The molecule has 1 aliphatic carbocycles. The van der Waals surface area contributed by atoms with Crippen molar-refractivity contribution in [2.45, 2.75) is 19.3 Å². The molecule has 10 aromatic rings. The van der Waals surface area contributed by atoms with E-state index in [1.807, 2.05) is 0 Å². The highest BCUT2D eigenvalue weighted by Gasteiger charge is 2.36. The van der Waals surface area contributed by atoms with Gasteiger partial charge in [-0.15, -0.1) is 0 Å². The second-order valence-electron chi connectivity index (χ2n) is 16.2. The predicted molar refractivity (Wildman–Crippen MR) is 248 cm³/mol. The molecular weight excluding hydrogens is 699 g/mol. The molecule has 0 spiro atoms. The maximum Gasteiger partial charge on any atom is 0.0465 e. The monoisotopic (exact) mass is 739 g/mol. The van der Waals surface area contributed by atoms with Crippen molar-refractivity contribution in [1.29, 1.82) is 0 Å². The third-order valence-electron chi connectivity index (χ3n) is 12.4. The Labute approximate surface area is 340 Å². The standard InChI is InChI=1S/C57H41N/c1-57(2)55-36-44(39-20-23-41(24-21-39)54-35-45-14-8-9-17-49(45)50-18-10-11-19-51(50)54)28-32-52(55)53-33-31-48(37-56(53)57)58(46-15-4-3-5-16-46)47-29-26-40(27-30-47)43-25-22-38-12-6-7-13-42(38)34-43/h3-37H,1-2H3. The highest BCUT2D eigenvalue weighted by molar-refractivity contribution is 6.13. The summed E-state index contributed by atoms with van der Waals surface area (Å²) in [6, 6.07) is 78.1. The Hall–Kier alpha value is -7.22. The fourth-order valence-corrected chi connectivity index (χ4v) is 9.38. The van der Waals surface area contributed by atoms with Gasteiger partial charge in [0.1, 0.15) is 0 Å². The number of fused-ring (bicyclic) bond motifs is 7. The van der Waals surface area contributed by atoms with Gasteiger partial charge in [0.2, 0.25) is 0 Å². The molecule has 0 saturated heterocycles. The van der Waals surface area contributed by atoms with Gasteiger partial charge < -0.3 is 4.90 Å². The van der Waals surface area contributed by atoms with E-state index in [1.165, 1.54) is 88.0 Å². The Morgan fingerprint density at radius 2 is 0.793 bits per heavy atom. The van der Waals surface area contributed by atoms with Crippen LogP contribution in [0.4, 0.5) is 17.1 Å². The largest absolute Gasteiger partial charge is 0.310 e. The fourth-order valence-electron chi connectivity index (χ4n) is 9.38. The lowest BCUT2D eigenvalue weighted by atomic mass is 9.81. The number of rotatable bonds is 6. The van der Waals surface area contributed by atoms with Crippen molar-refractivity contribution in [3.8, 4) is 44.5 Å². The molecule has 10 aromatic carbocycles. The van der Waals surface area contributed by atoms with Crippen LogP contribution in [0.25, 0.3) is 76.8 Å². The molecule has 1 aliphatic rings. The molecule has 0 unspecified atom stereocenters. The van der Waals surface area contributed by atoms with Crippen LogP contribution in [-0.4, -0.2) is 0 Å². The van der Waals surface area contributed by atoms with Crippen molar-refractivity contribution < 1.29 is 0 Å². The van der Waals surface area contributed by atoms with Gasteiger partial charge >= 0.3 is 0 Å². The first-order valence-electron chi connectivity index (χ1n) is 20.2. The Kier molecular flexibility index (Phi) is 7.91. The molecule has 1 nitrogen and oxygen atoms in total. The number of hydrogen-bond donors (Lipinski definition) is 0.